The second-order valence-electron chi connectivity index (χ2n) is 7.94. The van der Waals surface area contributed by atoms with E-state index in [-0.39, 0.29) is 12.5 Å². The molecule has 3 heterocycles. The molecule has 1 amide bonds. The second kappa shape index (κ2) is 9.54. The van der Waals surface area contributed by atoms with E-state index in [0.29, 0.717) is 6.61 Å². The Morgan fingerprint density at radius 1 is 0.938 bits per heavy atom. The van der Waals surface area contributed by atoms with Gasteiger partial charge in [-0.3, -0.25) is 9.69 Å². The number of hydrogen-bond acceptors (Lipinski definition) is 5. The van der Waals surface area contributed by atoms with Crippen LogP contribution in [0.5, 0.6) is 5.75 Å². The number of carbonyl (C=O) groups is 1. The minimum absolute atomic E-state index is 0.130. The van der Waals surface area contributed by atoms with Crippen LogP contribution in [0, 0.1) is 0 Å². The number of para-hydroxylation sites is 3. The van der Waals surface area contributed by atoms with Gasteiger partial charge in [-0.05, 0) is 35.7 Å². The maximum absolute atomic E-state index is 13.2. The van der Waals surface area contributed by atoms with E-state index in [1.165, 1.54) is 4.88 Å². The first-order valence-electron chi connectivity index (χ1n) is 10.9. The molecule has 164 valence electrons. The van der Waals surface area contributed by atoms with Gasteiger partial charge in [0, 0.05) is 37.6 Å². The van der Waals surface area contributed by atoms with Crippen LogP contribution in [0.25, 0.3) is 11.0 Å². The van der Waals surface area contributed by atoms with Crippen molar-refractivity contribution >= 4 is 28.3 Å². The van der Waals surface area contributed by atoms with Crippen molar-refractivity contribution in [3.63, 3.8) is 0 Å². The maximum atomic E-state index is 13.2. The normalized spacial score (nSPS) is 14.7. The maximum Gasteiger partial charge on any atom is 0.242 e. The van der Waals surface area contributed by atoms with Gasteiger partial charge in [0.05, 0.1) is 11.0 Å². The number of ether oxygens (including phenoxy) is 1. The van der Waals surface area contributed by atoms with Gasteiger partial charge < -0.3 is 14.2 Å². The number of piperazine rings is 1. The lowest BCUT2D eigenvalue weighted by molar-refractivity contribution is -0.133. The van der Waals surface area contributed by atoms with E-state index in [1.807, 2.05) is 64.1 Å². The highest BCUT2D eigenvalue weighted by molar-refractivity contribution is 7.09. The lowest BCUT2D eigenvalue weighted by Crippen LogP contribution is -2.49. The molecule has 0 N–H and O–H groups in total. The van der Waals surface area contributed by atoms with E-state index < -0.39 is 0 Å². The lowest BCUT2D eigenvalue weighted by atomic mass is 10.3. The highest BCUT2D eigenvalue weighted by atomic mass is 32.1. The topological polar surface area (TPSA) is 50.6 Å². The highest BCUT2D eigenvalue weighted by Gasteiger charge is 2.23. The van der Waals surface area contributed by atoms with Crippen molar-refractivity contribution in [2.75, 3.05) is 26.2 Å². The van der Waals surface area contributed by atoms with Crippen LogP contribution in [0.15, 0.2) is 72.1 Å². The average molecular weight is 447 g/mol. The van der Waals surface area contributed by atoms with E-state index in [1.54, 1.807) is 11.3 Å². The summed E-state index contributed by atoms with van der Waals surface area (Å²) < 4.78 is 7.94. The van der Waals surface area contributed by atoms with E-state index in [0.717, 1.165) is 55.3 Å². The van der Waals surface area contributed by atoms with Gasteiger partial charge in [0.1, 0.15) is 24.7 Å². The van der Waals surface area contributed by atoms with Crippen molar-refractivity contribution in [2.45, 2.75) is 19.7 Å². The van der Waals surface area contributed by atoms with Crippen molar-refractivity contribution in [1.82, 2.24) is 19.4 Å². The molecule has 0 spiro atoms. The number of imidazole rings is 1. The number of aromatic nitrogens is 2. The molecular weight excluding hydrogens is 420 g/mol. The van der Waals surface area contributed by atoms with Crippen molar-refractivity contribution in [1.29, 1.82) is 0 Å². The van der Waals surface area contributed by atoms with E-state index in [9.17, 15) is 4.79 Å². The Morgan fingerprint density at radius 3 is 2.50 bits per heavy atom. The van der Waals surface area contributed by atoms with Gasteiger partial charge in [-0.2, -0.15) is 0 Å². The van der Waals surface area contributed by atoms with E-state index in [4.69, 9.17) is 9.72 Å². The van der Waals surface area contributed by atoms with E-state index >= 15 is 0 Å². The van der Waals surface area contributed by atoms with Crippen LogP contribution in [-0.2, 0) is 24.5 Å². The number of carbonyl (C=O) groups excluding carboxylic acids is 1. The molecular formula is C25H26N4O2S. The SMILES string of the molecule is O=C(Cn1c(COc2ccccc2)nc2ccccc21)N1CCN(Cc2cccs2)CC1. The number of benzene rings is 2. The van der Waals surface area contributed by atoms with Gasteiger partial charge >= 0.3 is 0 Å². The summed E-state index contributed by atoms with van der Waals surface area (Å²) in [5.41, 5.74) is 1.84. The summed E-state index contributed by atoms with van der Waals surface area (Å²) in [5, 5.41) is 2.11. The molecule has 0 unspecified atom stereocenters. The molecule has 1 fully saturated rings. The number of thiophene rings is 1. The van der Waals surface area contributed by atoms with Crippen LogP contribution < -0.4 is 4.74 Å². The minimum Gasteiger partial charge on any atom is -0.486 e. The van der Waals surface area contributed by atoms with Gasteiger partial charge in [0.15, 0.2) is 0 Å². The molecule has 2 aromatic carbocycles. The molecule has 6 nitrogen and oxygen atoms in total. The zero-order valence-electron chi connectivity index (χ0n) is 17.9. The number of amides is 1. The Kier molecular flexibility index (Phi) is 6.18. The molecule has 0 saturated carbocycles. The predicted octanol–water partition coefficient (Wildman–Crippen LogP) is 4.02. The molecule has 1 saturated heterocycles. The summed E-state index contributed by atoms with van der Waals surface area (Å²) in [6, 6.07) is 21.9. The first-order valence-corrected chi connectivity index (χ1v) is 11.8. The zero-order chi connectivity index (χ0) is 21.8. The molecule has 4 aromatic rings. The molecule has 5 rings (SSSR count). The smallest absolute Gasteiger partial charge is 0.242 e. The van der Waals surface area contributed by atoms with Gasteiger partial charge in [-0.15, -0.1) is 11.3 Å². The highest BCUT2D eigenvalue weighted by Crippen LogP contribution is 2.19. The van der Waals surface area contributed by atoms with Crippen molar-refractivity contribution in [3.05, 3.63) is 82.8 Å². The molecule has 0 radical (unpaired) electrons. The van der Waals surface area contributed by atoms with Crippen LogP contribution in [-0.4, -0.2) is 51.4 Å². The Bertz CT molecular complexity index is 1170. The Hall–Kier alpha value is -3.16. The summed E-state index contributed by atoms with van der Waals surface area (Å²) in [7, 11) is 0. The van der Waals surface area contributed by atoms with Gasteiger partial charge in [-0.25, -0.2) is 4.98 Å². The minimum atomic E-state index is 0.130. The summed E-state index contributed by atoms with van der Waals surface area (Å²) in [6.45, 7) is 4.88. The van der Waals surface area contributed by atoms with E-state index in [2.05, 4.69) is 22.4 Å². The molecule has 1 aliphatic heterocycles. The fourth-order valence-corrected chi connectivity index (χ4v) is 4.84. The first-order chi connectivity index (χ1) is 15.8. The summed E-state index contributed by atoms with van der Waals surface area (Å²) in [4.78, 5) is 23.7. The second-order valence-corrected chi connectivity index (χ2v) is 8.97. The predicted molar refractivity (Wildman–Crippen MR) is 127 cm³/mol. The molecule has 0 atom stereocenters. The van der Waals surface area contributed by atoms with Gasteiger partial charge in [0.2, 0.25) is 5.91 Å². The number of nitrogens with zero attached hydrogens (tertiary/aromatic N) is 4. The van der Waals surface area contributed by atoms with Crippen LogP contribution in [0.4, 0.5) is 0 Å². The molecule has 1 aliphatic rings. The lowest BCUT2D eigenvalue weighted by Gasteiger charge is -2.34. The third-order valence-corrected chi connectivity index (χ3v) is 6.68. The Morgan fingerprint density at radius 2 is 1.72 bits per heavy atom. The van der Waals surface area contributed by atoms with Crippen molar-refractivity contribution in [3.8, 4) is 5.75 Å². The molecule has 7 heteroatoms. The molecule has 2 aromatic heterocycles. The van der Waals surface area contributed by atoms with Crippen molar-refractivity contribution in [2.24, 2.45) is 0 Å². The first kappa shape index (κ1) is 20.7. The third-order valence-electron chi connectivity index (χ3n) is 5.82. The molecule has 0 aliphatic carbocycles. The number of hydrogen-bond donors (Lipinski definition) is 0. The molecule has 32 heavy (non-hydrogen) atoms. The Labute approximate surface area is 191 Å². The number of fused-ring (bicyclic) bond motifs is 1. The largest absolute Gasteiger partial charge is 0.486 e. The van der Waals surface area contributed by atoms with Gasteiger partial charge in [0.25, 0.3) is 0 Å². The third kappa shape index (κ3) is 4.69. The molecule has 0 bridgehead atoms. The summed E-state index contributed by atoms with van der Waals surface area (Å²) >= 11 is 1.79. The zero-order valence-corrected chi connectivity index (χ0v) is 18.7. The van der Waals surface area contributed by atoms with Crippen LogP contribution in [0.2, 0.25) is 0 Å². The fraction of sp³-hybridized carbons (Fsp3) is 0.280. The fourth-order valence-electron chi connectivity index (χ4n) is 4.09. The monoisotopic (exact) mass is 446 g/mol. The summed E-state index contributed by atoms with van der Waals surface area (Å²) in [6.07, 6.45) is 0. The summed E-state index contributed by atoms with van der Waals surface area (Å²) in [5.74, 6) is 1.68. The number of rotatable bonds is 7. The average Bonchev–Trinajstić information content (AvgIpc) is 3.47. The van der Waals surface area contributed by atoms with Crippen molar-refractivity contribution < 1.29 is 9.53 Å². The van der Waals surface area contributed by atoms with Crippen LogP contribution in [0.1, 0.15) is 10.7 Å². The van der Waals surface area contributed by atoms with Crippen LogP contribution >= 0.6 is 11.3 Å². The quantitative estimate of drug-likeness (QED) is 0.430. The van der Waals surface area contributed by atoms with Gasteiger partial charge in [-0.1, -0.05) is 36.4 Å². The Balaban J connectivity index is 1.26. The van der Waals surface area contributed by atoms with Crippen LogP contribution in [0.3, 0.4) is 0 Å². The standard InChI is InChI=1S/C25H26N4O2S/c30-25(28-14-12-27(13-15-28)17-21-9-6-16-32-21)18-29-23-11-5-4-10-22(23)26-24(29)19-31-20-7-2-1-3-8-20/h1-11,16H,12-15,17-19H2.